The maximum Gasteiger partial charge on any atom is 0.212 e. The molecule has 0 fully saturated rings. The maximum atomic E-state index is 4.89. The van der Waals surface area contributed by atoms with Crippen molar-refractivity contribution in [1.29, 1.82) is 0 Å². The highest BCUT2D eigenvalue weighted by Gasteiger charge is 1.85. The van der Waals surface area contributed by atoms with Crippen LogP contribution in [0.1, 0.15) is 0 Å². The number of nitrogens with zero attached hydrogens (tertiary/aromatic N) is 1. The molecule has 58 valence electrons. The average Bonchev–Trinajstić information content (AvgIpc) is 2.07. The highest BCUT2D eigenvalue weighted by molar-refractivity contribution is 5.45. The lowest BCUT2D eigenvalue weighted by molar-refractivity contribution is 0.315. The fourth-order valence-electron chi connectivity index (χ4n) is 0.607. The number of rotatable bonds is 3. The number of para-hydroxylation sites is 1. The van der Waals surface area contributed by atoms with Gasteiger partial charge in [-0.1, -0.05) is 18.2 Å². The molecule has 0 aliphatic heterocycles. The van der Waals surface area contributed by atoms with Crippen LogP contribution in [0.5, 0.6) is 5.75 Å². The maximum absolute atomic E-state index is 4.89. The molecular weight excluding hydrogens is 142 g/mol. The van der Waals surface area contributed by atoms with Crippen molar-refractivity contribution in [3.05, 3.63) is 30.3 Å². The van der Waals surface area contributed by atoms with E-state index in [1.807, 2.05) is 30.3 Å². The van der Waals surface area contributed by atoms with Crippen molar-refractivity contribution in [3.8, 4) is 5.75 Å². The second kappa shape index (κ2) is 4.33. The summed E-state index contributed by atoms with van der Waals surface area (Å²) < 4.78 is 4.55. The van der Waals surface area contributed by atoms with Crippen molar-refractivity contribution in [2.75, 3.05) is 7.11 Å². The topological polar surface area (TPSA) is 30.8 Å². The van der Waals surface area contributed by atoms with Gasteiger partial charge in [0.25, 0.3) is 0 Å². The lowest BCUT2D eigenvalue weighted by Crippen LogP contribution is -1.84. The Balaban J connectivity index is 2.45. The molecule has 3 nitrogen and oxygen atoms in total. The Kier molecular flexibility index (Phi) is 2.99. The molecule has 0 radical (unpaired) electrons. The minimum atomic E-state index is 0.695. The van der Waals surface area contributed by atoms with Crippen molar-refractivity contribution in [2.24, 2.45) is 5.16 Å². The van der Waals surface area contributed by atoms with Gasteiger partial charge in [0, 0.05) is 0 Å². The van der Waals surface area contributed by atoms with Crippen LogP contribution >= 0.6 is 0 Å². The molecule has 0 aromatic heterocycles. The number of hydrogen-bond donors (Lipinski definition) is 0. The predicted molar refractivity (Wildman–Crippen MR) is 42.6 cm³/mol. The SMILES string of the molecule is COC=NOc1ccccc1. The smallest absolute Gasteiger partial charge is 0.212 e. The van der Waals surface area contributed by atoms with Crippen molar-refractivity contribution >= 4 is 6.40 Å². The summed E-state index contributed by atoms with van der Waals surface area (Å²) in [5, 5.41) is 3.51. The van der Waals surface area contributed by atoms with Crippen molar-refractivity contribution in [2.45, 2.75) is 0 Å². The molecule has 0 saturated heterocycles. The zero-order valence-electron chi connectivity index (χ0n) is 6.23. The first-order chi connectivity index (χ1) is 5.43. The second-order valence-electron chi connectivity index (χ2n) is 1.85. The van der Waals surface area contributed by atoms with Gasteiger partial charge in [-0.2, -0.15) is 0 Å². The highest BCUT2D eigenvalue weighted by atomic mass is 16.6. The number of hydrogen-bond acceptors (Lipinski definition) is 3. The van der Waals surface area contributed by atoms with E-state index in [0.717, 1.165) is 0 Å². The molecule has 3 heteroatoms. The summed E-state index contributed by atoms with van der Waals surface area (Å²) in [7, 11) is 1.51. The van der Waals surface area contributed by atoms with Crippen LogP contribution in [0.25, 0.3) is 0 Å². The van der Waals surface area contributed by atoms with Crippen molar-refractivity contribution in [3.63, 3.8) is 0 Å². The van der Waals surface area contributed by atoms with Gasteiger partial charge in [0.1, 0.15) is 0 Å². The largest absolute Gasteiger partial charge is 0.484 e. The number of methoxy groups -OCH3 is 1. The van der Waals surface area contributed by atoms with E-state index in [-0.39, 0.29) is 0 Å². The molecular formula is C8H9NO2. The van der Waals surface area contributed by atoms with Gasteiger partial charge in [0.15, 0.2) is 5.75 Å². The molecule has 1 rings (SSSR count). The lowest BCUT2D eigenvalue weighted by atomic mass is 10.3. The molecule has 0 spiro atoms. The third kappa shape index (κ3) is 2.71. The molecule has 0 unspecified atom stereocenters. The van der Waals surface area contributed by atoms with Gasteiger partial charge in [-0.25, -0.2) is 0 Å². The van der Waals surface area contributed by atoms with Crippen molar-refractivity contribution in [1.82, 2.24) is 0 Å². The molecule has 0 atom stereocenters. The average molecular weight is 151 g/mol. The molecule has 0 aliphatic rings. The van der Waals surface area contributed by atoms with Gasteiger partial charge in [-0.15, -0.1) is 0 Å². The zero-order valence-corrected chi connectivity index (χ0v) is 6.23. The standard InChI is InChI=1S/C8H9NO2/c1-10-7-9-11-8-5-3-2-4-6-8/h2-7H,1H3. The summed E-state index contributed by atoms with van der Waals surface area (Å²) in [6.07, 6.45) is 1.23. The van der Waals surface area contributed by atoms with Crippen LogP contribution < -0.4 is 4.84 Å². The van der Waals surface area contributed by atoms with Crippen LogP contribution in [0.3, 0.4) is 0 Å². The Hall–Kier alpha value is -1.51. The Morgan fingerprint density at radius 3 is 2.64 bits per heavy atom. The molecule has 0 heterocycles. The Morgan fingerprint density at radius 1 is 1.27 bits per heavy atom. The van der Waals surface area contributed by atoms with Gasteiger partial charge in [0.05, 0.1) is 7.11 Å². The summed E-state index contributed by atoms with van der Waals surface area (Å²) in [5.41, 5.74) is 0. The monoisotopic (exact) mass is 151 g/mol. The molecule has 0 bridgehead atoms. The number of benzene rings is 1. The van der Waals surface area contributed by atoms with E-state index in [1.165, 1.54) is 13.5 Å². The zero-order chi connectivity index (χ0) is 7.94. The van der Waals surface area contributed by atoms with Crippen LogP contribution in [0.15, 0.2) is 35.5 Å². The second-order valence-corrected chi connectivity index (χ2v) is 1.85. The predicted octanol–water partition coefficient (Wildman–Crippen LogP) is 1.66. The molecule has 0 saturated carbocycles. The molecule has 0 aliphatic carbocycles. The van der Waals surface area contributed by atoms with Crippen LogP contribution in [-0.4, -0.2) is 13.5 Å². The minimum absolute atomic E-state index is 0.695. The van der Waals surface area contributed by atoms with E-state index in [0.29, 0.717) is 5.75 Å². The summed E-state index contributed by atoms with van der Waals surface area (Å²) >= 11 is 0. The third-order valence-electron chi connectivity index (χ3n) is 1.05. The number of oxime groups is 1. The van der Waals surface area contributed by atoms with Gasteiger partial charge in [-0.3, -0.25) is 0 Å². The normalized spacial score (nSPS) is 9.91. The van der Waals surface area contributed by atoms with Gasteiger partial charge >= 0.3 is 0 Å². The first-order valence-corrected chi connectivity index (χ1v) is 3.20. The fourth-order valence-corrected chi connectivity index (χ4v) is 0.607. The van der Waals surface area contributed by atoms with E-state index >= 15 is 0 Å². The van der Waals surface area contributed by atoms with E-state index < -0.39 is 0 Å². The molecule has 0 amide bonds. The third-order valence-corrected chi connectivity index (χ3v) is 1.05. The first kappa shape index (κ1) is 7.60. The number of ether oxygens (including phenoxy) is 1. The van der Waals surface area contributed by atoms with E-state index in [4.69, 9.17) is 4.84 Å². The van der Waals surface area contributed by atoms with E-state index in [1.54, 1.807) is 0 Å². The van der Waals surface area contributed by atoms with Gasteiger partial charge < -0.3 is 9.57 Å². The van der Waals surface area contributed by atoms with Crippen LogP contribution in [0.4, 0.5) is 0 Å². The van der Waals surface area contributed by atoms with Crippen LogP contribution in [0.2, 0.25) is 0 Å². The highest BCUT2D eigenvalue weighted by Crippen LogP contribution is 2.07. The van der Waals surface area contributed by atoms with Gasteiger partial charge in [0.2, 0.25) is 6.40 Å². The molecule has 1 aromatic rings. The Bertz CT molecular complexity index is 221. The molecule has 11 heavy (non-hydrogen) atoms. The summed E-state index contributed by atoms with van der Waals surface area (Å²) in [5.74, 6) is 0.695. The summed E-state index contributed by atoms with van der Waals surface area (Å²) in [6, 6.07) is 9.28. The fraction of sp³-hybridized carbons (Fsp3) is 0.125. The molecule has 0 N–H and O–H groups in total. The minimum Gasteiger partial charge on any atom is -0.484 e. The quantitative estimate of drug-likeness (QED) is 0.373. The Labute approximate surface area is 65.2 Å². The van der Waals surface area contributed by atoms with E-state index in [2.05, 4.69) is 9.89 Å². The summed E-state index contributed by atoms with van der Waals surface area (Å²) in [4.78, 5) is 4.89. The van der Waals surface area contributed by atoms with Crippen LogP contribution in [-0.2, 0) is 4.74 Å². The Morgan fingerprint density at radius 2 is 2.00 bits per heavy atom. The molecule has 1 aromatic carbocycles. The van der Waals surface area contributed by atoms with Crippen molar-refractivity contribution < 1.29 is 9.57 Å². The van der Waals surface area contributed by atoms with E-state index in [9.17, 15) is 0 Å². The van der Waals surface area contributed by atoms with Crippen LogP contribution in [0, 0.1) is 0 Å². The summed E-state index contributed by atoms with van der Waals surface area (Å²) in [6.45, 7) is 0. The first-order valence-electron chi connectivity index (χ1n) is 3.20. The lowest BCUT2D eigenvalue weighted by Gasteiger charge is -1.94. The van der Waals surface area contributed by atoms with Gasteiger partial charge in [-0.05, 0) is 17.3 Å².